The van der Waals surface area contributed by atoms with E-state index in [1.54, 1.807) is 14.0 Å². The number of aliphatic carboxylic acids is 1. The smallest absolute Gasteiger partial charge is 0.310 e. The summed E-state index contributed by atoms with van der Waals surface area (Å²) in [6.45, 7) is 2.28. The second-order valence-electron chi connectivity index (χ2n) is 4.43. The van der Waals surface area contributed by atoms with Crippen molar-refractivity contribution >= 4 is 16.7 Å². The summed E-state index contributed by atoms with van der Waals surface area (Å²) in [5.74, 6) is -1.28. The molecule has 1 unspecified atom stereocenters. The Balaban J connectivity index is 2.41. The van der Waals surface area contributed by atoms with E-state index in [0.29, 0.717) is 6.61 Å². The summed E-state index contributed by atoms with van der Waals surface area (Å²) >= 11 is 0. The molecule has 2 rings (SSSR count). The lowest BCUT2D eigenvalue weighted by Gasteiger charge is -2.09. The Bertz CT molecular complexity index is 575. The second-order valence-corrected chi connectivity index (χ2v) is 4.43. The fraction of sp³-hybridized carbons (Fsp3) is 0.267. The largest absolute Gasteiger partial charge is 0.481 e. The van der Waals surface area contributed by atoms with Gasteiger partial charge in [0.15, 0.2) is 0 Å². The lowest BCUT2D eigenvalue weighted by molar-refractivity contribution is -0.138. The van der Waals surface area contributed by atoms with E-state index in [4.69, 9.17) is 9.84 Å². The fourth-order valence-electron chi connectivity index (χ4n) is 1.98. The van der Waals surface area contributed by atoms with Crippen LogP contribution in [0.5, 0.6) is 0 Å². The van der Waals surface area contributed by atoms with Crippen LogP contribution in [0.3, 0.4) is 0 Å². The number of carboxylic acid groups (broad SMARTS) is 1. The van der Waals surface area contributed by atoms with Crippen molar-refractivity contribution < 1.29 is 14.6 Å². The maximum absolute atomic E-state index is 11.0. The van der Waals surface area contributed by atoms with E-state index in [1.165, 1.54) is 0 Å². The quantitative estimate of drug-likeness (QED) is 0.898. The molecule has 0 aliphatic carbocycles. The Morgan fingerprint density at radius 2 is 1.89 bits per heavy atom. The zero-order valence-electron chi connectivity index (χ0n) is 10.5. The zero-order valence-corrected chi connectivity index (χ0v) is 10.5. The van der Waals surface area contributed by atoms with Crippen molar-refractivity contribution in [3.8, 4) is 0 Å². The molecular weight excluding hydrogens is 228 g/mol. The van der Waals surface area contributed by atoms with E-state index in [1.807, 2.05) is 30.3 Å². The van der Waals surface area contributed by atoms with Crippen molar-refractivity contribution in [3.05, 3.63) is 47.5 Å². The minimum absolute atomic E-state index is 0.479. The van der Waals surface area contributed by atoms with Gasteiger partial charge in [0.2, 0.25) is 0 Å². The molecule has 94 valence electrons. The van der Waals surface area contributed by atoms with E-state index in [2.05, 4.69) is 6.07 Å². The van der Waals surface area contributed by atoms with Gasteiger partial charge in [-0.2, -0.15) is 0 Å². The summed E-state index contributed by atoms with van der Waals surface area (Å²) in [7, 11) is 1.67. The predicted octanol–water partition coefficient (Wildman–Crippen LogP) is 3.17. The molecular formula is C15H16O3. The molecule has 2 aromatic rings. The molecule has 0 radical (unpaired) electrons. The van der Waals surface area contributed by atoms with Gasteiger partial charge in [-0.25, -0.2) is 0 Å². The van der Waals surface area contributed by atoms with Crippen molar-refractivity contribution in [2.24, 2.45) is 0 Å². The number of carbonyl (C=O) groups is 1. The zero-order chi connectivity index (χ0) is 13.1. The number of fused-ring (bicyclic) bond motifs is 1. The Hall–Kier alpha value is -1.87. The molecule has 3 heteroatoms. The number of hydrogen-bond acceptors (Lipinski definition) is 2. The van der Waals surface area contributed by atoms with Crippen LogP contribution in [0.2, 0.25) is 0 Å². The van der Waals surface area contributed by atoms with Gasteiger partial charge >= 0.3 is 5.97 Å². The first-order valence-electron chi connectivity index (χ1n) is 5.86. The molecule has 0 saturated carbocycles. The van der Waals surface area contributed by atoms with Crippen LogP contribution in [0.1, 0.15) is 24.0 Å². The van der Waals surface area contributed by atoms with Crippen molar-refractivity contribution in [3.63, 3.8) is 0 Å². The number of ether oxygens (including phenoxy) is 1. The van der Waals surface area contributed by atoms with Crippen LogP contribution in [0.4, 0.5) is 0 Å². The summed E-state index contributed by atoms with van der Waals surface area (Å²) in [6.07, 6.45) is 0. The number of rotatable bonds is 4. The first kappa shape index (κ1) is 12.6. The van der Waals surface area contributed by atoms with Crippen molar-refractivity contribution in [1.82, 2.24) is 0 Å². The van der Waals surface area contributed by atoms with Gasteiger partial charge in [-0.15, -0.1) is 0 Å². The summed E-state index contributed by atoms with van der Waals surface area (Å²) in [5.41, 5.74) is 1.94. The van der Waals surface area contributed by atoms with Crippen LogP contribution in [0.25, 0.3) is 10.8 Å². The van der Waals surface area contributed by atoms with Gasteiger partial charge < -0.3 is 9.84 Å². The number of carboxylic acids is 1. The summed E-state index contributed by atoms with van der Waals surface area (Å²) in [6, 6.07) is 11.8. The molecule has 0 saturated heterocycles. The van der Waals surface area contributed by atoms with Crippen molar-refractivity contribution in [2.45, 2.75) is 19.4 Å². The van der Waals surface area contributed by atoms with Gasteiger partial charge in [0.05, 0.1) is 12.5 Å². The SMILES string of the molecule is COCc1ccc2cc(C(C)C(=O)O)ccc2c1. The minimum Gasteiger partial charge on any atom is -0.481 e. The van der Waals surface area contributed by atoms with E-state index in [-0.39, 0.29) is 0 Å². The molecule has 0 aliphatic heterocycles. The average molecular weight is 244 g/mol. The molecule has 18 heavy (non-hydrogen) atoms. The Kier molecular flexibility index (Phi) is 3.63. The van der Waals surface area contributed by atoms with Gasteiger partial charge in [-0.3, -0.25) is 4.79 Å². The summed E-state index contributed by atoms with van der Waals surface area (Å²) < 4.78 is 5.09. The van der Waals surface area contributed by atoms with Crippen molar-refractivity contribution in [2.75, 3.05) is 7.11 Å². The normalized spacial score (nSPS) is 12.6. The highest BCUT2D eigenvalue weighted by Gasteiger charge is 2.13. The van der Waals surface area contributed by atoms with Crippen LogP contribution in [-0.4, -0.2) is 18.2 Å². The van der Waals surface area contributed by atoms with Crippen LogP contribution < -0.4 is 0 Å². The van der Waals surface area contributed by atoms with Crippen LogP contribution in [-0.2, 0) is 16.1 Å². The molecule has 2 aromatic carbocycles. The predicted molar refractivity (Wildman–Crippen MR) is 70.7 cm³/mol. The molecule has 1 atom stereocenters. The van der Waals surface area contributed by atoms with Gasteiger partial charge in [-0.1, -0.05) is 30.3 Å². The lowest BCUT2D eigenvalue weighted by Crippen LogP contribution is -2.07. The highest BCUT2D eigenvalue weighted by Crippen LogP contribution is 2.23. The van der Waals surface area contributed by atoms with E-state index in [9.17, 15) is 4.79 Å². The monoisotopic (exact) mass is 244 g/mol. The van der Waals surface area contributed by atoms with E-state index in [0.717, 1.165) is 21.9 Å². The van der Waals surface area contributed by atoms with Crippen LogP contribution >= 0.6 is 0 Å². The molecule has 0 heterocycles. The maximum atomic E-state index is 11.0. The van der Waals surface area contributed by atoms with E-state index < -0.39 is 11.9 Å². The first-order chi connectivity index (χ1) is 8.61. The fourth-order valence-corrected chi connectivity index (χ4v) is 1.98. The molecule has 3 nitrogen and oxygen atoms in total. The molecule has 1 N–H and O–H groups in total. The highest BCUT2D eigenvalue weighted by atomic mass is 16.5. The third-order valence-electron chi connectivity index (χ3n) is 3.11. The Labute approximate surface area is 106 Å². The van der Waals surface area contributed by atoms with Crippen LogP contribution in [0, 0.1) is 0 Å². The third kappa shape index (κ3) is 2.51. The first-order valence-corrected chi connectivity index (χ1v) is 5.86. The Morgan fingerprint density at radius 3 is 2.56 bits per heavy atom. The summed E-state index contributed by atoms with van der Waals surface area (Å²) in [4.78, 5) is 11.0. The second kappa shape index (κ2) is 5.19. The molecule has 0 bridgehead atoms. The van der Waals surface area contributed by atoms with E-state index >= 15 is 0 Å². The van der Waals surface area contributed by atoms with Gasteiger partial charge in [-0.05, 0) is 34.9 Å². The average Bonchev–Trinajstić information content (AvgIpc) is 2.37. The van der Waals surface area contributed by atoms with Crippen molar-refractivity contribution in [1.29, 1.82) is 0 Å². The number of hydrogen-bond donors (Lipinski definition) is 1. The molecule has 0 amide bonds. The molecule has 0 aromatic heterocycles. The molecule has 0 aliphatic rings. The highest BCUT2D eigenvalue weighted by molar-refractivity contribution is 5.85. The number of benzene rings is 2. The van der Waals surface area contributed by atoms with Gasteiger partial charge in [0.1, 0.15) is 0 Å². The molecule has 0 fully saturated rings. The number of methoxy groups -OCH3 is 1. The van der Waals surface area contributed by atoms with Gasteiger partial charge in [0.25, 0.3) is 0 Å². The topological polar surface area (TPSA) is 46.5 Å². The molecule has 0 spiro atoms. The standard InChI is InChI=1S/C15H16O3/c1-10(15(16)17)12-5-6-13-7-11(9-18-2)3-4-14(13)8-12/h3-8,10H,9H2,1-2H3,(H,16,17). The minimum atomic E-state index is -0.801. The maximum Gasteiger partial charge on any atom is 0.310 e. The van der Waals surface area contributed by atoms with Crippen LogP contribution in [0.15, 0.2) is 36.4 Å². The summed E-state index contributed by atoms with van der Waals surface area (Å²) in [5, 5.41) is 11.2. The third-order valence-corrected chi connectivity index (χ3v) is 3.11. The Morgan fingerprint density at radius 1 is 1.22 bits per heavy atom. The van der Waals surface area contributed by atoms with Gasteiger partial charge in [0, 0.05) is 7.11 Å². The lowest BCUT2D eigenvalue weighted by atomic mass is 9.97.